The van der Waals surface area contributed by atoms with Crippen molar-refractivity contribution in [2.75, 3.05) is 19.8 Å². The lowest BCUT2D eigenvalue weighted by molar-refractivity contribution is -0.302. The van der Waals surface area contributed by atoms with Crippen LogP contribution in [0.3, 0.4) is 0 Å². The first-order valence-electron chi connectivity index (χ1n) is 33.3. The molecule has 6 N–H and O–H groups in total. The van der Waals surface area contributed by atoms with Gasteiger partial charge in [-0.1, -0.05) is 281 Å². The van der Waals surface area contributed by atoms with E-state index in [1.807, 2.05) is 6.08 Å². The molecular weight excluding hydrogens is 979 g/mol. The van der Waals surface area contributed by atoms with Crippen LogP contribution in [0.5, 0.6) is 0 Å². The van der Waals surface area contributed by atoms with Crippen molar-refractivity contribution in [3.8, 4) is 0 Å². The van der Waals surface area contributed by atoms with Crippen molar-refractivity contribution in [2.24, 2.45) is 0 Å². The number of unbranched alkanes of at least 4 members (excludes halogenated alkanes) is 40. The zero-order chi connectivity index (χ0) is 56.6. The Morgan fingerprint density at radius 1 is 0.462 bits per heavy atom. The number of aliphatic hydroxyl groups is 5. The van der Waals surface area contributed by atoms with Crippen LogP contribution in [0.4, 0.5) is 0 Å². The molecular formula is C67H125NO10. The number of hydrogen-bond acceptors (Lipinski definition) is 10. The van der Waals surface area contributed by atoms with Gasteiger partial charge in [0.25, 0.3) is 0 Å². The SMILES string of the molecule is CCCCCCC/C=C/CC/C=C/CC/C=C/C(O)C(COC1OC(CO)C(O)C(O)C1O)NC(=O)CCCCCCCCCCCCCCCCCCCCCCCCCCOC(=O)CCCCCCCCCCCCC. The molecule has 7 unspecified atom stereocenters. The Kier molecular flexibility index (Phi) is 53.7. The molecule has 1 rings (SSSR count). The summed E-state index contributed by atoms with van der Waals surface area (Å²) in [5.74, 6) is -0.190. The molecule has 1 saturated heterocycles. The Labute approximate surface area is 479 Å². The lowest BCUT2D eigenvalue weighted by Gasteiger charge is -2.40. The smallest absolute Gasteiger partial charge is 0.305 e. The zero-order valence-electron chi connectivity index (χ0n) is 50.6. The number of rotatable bonds is 58. The minimum Gasteiger partial charge on any atom is -0.466 e. The fraction of sp³-hybridized carbons (Fsp3) is 0.881. The maximum atomic E-state index is 13.1. The molecule has 458 valence electrons. The first kappa shape index (κ1) is 73.9. The fourth-order valence-electron chi connectivity index (χ4n) is 10.5. The van der Waals surface area contributed by atoms with E-state index in [2.05, 4.69) is 43.5 Å². The van der Waals surface area contributed by atoms with E-state index in [1.54, 1.807) is 6.08 Å². The summed E-state index contributed by atoms with van der Waals surface area (Å²) in [6.45, 7) is 4.33. The van der Waals surface area contributed by atoms with Gasteiger partial charge in [-0.05, 0) is 57.8 Å². The number of hydrogen-bond donors (Lipinski definition) is 6. The average Bonchev–Trinajstić information content (AvgIpc) is 3.45. The van der Waals surface area contributed by atoms with Gasteiger partial charge in [0.15, 0.2) is 6.29 Å². The van der Waals surface area contributed by atoms with Gasteiger partial charge < -0.3 is 45.1 Å². The standard InChI is InChI=1S/C67H125NO10/c1-3-5-7-9-11-13-15-16-27-30-34-37-41-45-49-53-60(70)59(58-77-67-66(75)65(74)64(73)61(57-69)78-67)68-62(71)54-50-46-42-38-35-31-28-25-23-21-19-17-18-20-22-24-26-29-32-36-40-44-48-52-56-76-63(72)55-51-47-43-39-33-14-12-10-8-6-4-2/h15-16,34,37,49,53,59-61,64-67,69-70,73-75H,3-14,17-33,35-36,38-48,50-52,54-58H2,1-2H3,(H,68,71)/b16-15+,37-34+,53-49+. The summed E-state index contributed by atoms with van der Waals surface area (Å²) >= 11 is 0. The van der Waals surface area contributed by atoms with E-state index in [9.17, 15) is 35.1 Å². The molecule has 1 heterocycles. The molecule has 0 radical (unpaired) electrons. The summed E-state index contributed by atoms with van der Waals surface area (Å²) in [7, 11) is 0. The molecule has 78 heavy (non-hydrogen) atoms. The van der Waals surface area contributed by atoms with Gasteiger partial charge in [-0.3, -0.25) is 9.59 Å². The van der Waals surface area contributed by atoms with Crippen LogP contribution in [0.25, 0.3) is 0 Å². The molecule has 1 aliphatic heterocycles. The van der Waals surface area contributed by atoms with Crippen molar-refractivity contribution in [3.63, 3.8) is 0 Å². The van der Waals surface area contributed by atoms with Crippen molar-refractivity contribution >= 4 is 11.9 Å². The maximum Gasteiger partial charge on any atom is 0.305 e. The number of allylic oxidation sites excluding steroid dienone is 5. The molecule has 1 fully saturated rings. The Balaban J connectivity index is 2.05. The Morgan fingerprint density at radius 3 is 1.27 bits per heavy atom. The van der Waals surface area contributed by atoms with Crippen LogP contribution >= 0.6 is 0 Å². The zero-order valence-corrected chi connectivity index (χ0v) is 50.6. The Hall–Kier alpha value is -2.12. The van der Waals surface area contributed by atoms with Crippen molar-refractivity contribution in [3.05, 3.63) is 36.5 Å². The lowest BCUT2D eigenvalue weighted by atomic mass is 9.99. The molecule has 0 aromatic rings. The normalized spacial score (nSPS) is 18.7. The van der Waals surface area contributed by atoms with Gasteiger partial charge in [0.05, 0.1) is 32.0 Å². The summed E-state index contributed by atoms with van der Waals surface area (Å²) in [5, 5.41) is 54.5. The van der Waals surface area contributed by atoms with Gasteiger partial charge in [0.1, 0.15) is 24.4 Å². The summed E-state index contributed by atoms with van der Waals surface area (Å²) in [6, 6.07) is -0.834. The third kappa shape index (κ3) is 45.5. The minimum absolute atomic E-state index is 0.00355. The van der Waals surface area contributed by atoms with Gasteiger partial charge in [-0.25, -0.2) is 0 Å². The van der Waals surface area contributed by atoms with Crippen LogP contribution in [0.1, 0.15) is 316 Å². The average molecular weight is 1100 g/mol. The quantitative estimate of drug-likeness (QED) is 0.0195. The van der Waals surface area contributed by atoms with Gasteiger partial charge >= 0.3 is 5.97 Å². The highest BCUT2D eigenvalue weighted by Gasteiger charge is 2.44. The van der Waals surface area contributed by atoms with Gasteiger partial charge in [0, 0.05) is 12.8 Å². The van der Waals surface area contributed by atoms with Gasteiger partial charge in [-0.15, -0.1) is 0 Å². The molecule has 1 amide bonds. The number of carbonyl (C=O) groups is 2. The van der Waals surface area contributed by atoms with Crippen LogP contribution in [-0.4, -0.2) is 100 Å². The van der Waals surface area contributed by atoms with Crippen molar-refractivity contribution in [2.45, 2.75) is 358 Å². The van der Waals surface area contributed by atoms with Gasteiger partial charge in [0.2, 0.25) is 5.91 Å². The number of ether oxygens (including phenoxy) is 3. The predicted octanol–water partition coefficient (Wildman–Crippen LogP) is 16.2. The second-order valence-corrected chi connectivity index (χ2v) is 23.2. The van der Waals surface area contributed by atoms with Crippen LogP contribution in [0.15, 0.2) is 36.5 Å². The molecule has 7 atom stereocenters. The number of amides is 1. The number of aliphatic hydroxyl groups excluding tert-OH is 5. The molecule has 0 bridgehead atoms. The Morgan fingerprint density at radius 2 is 0.833 bits per heavy atom. The third-order valence-electron chi connectivity index (χ3n) is 15.7. The topological polar surface area (TPSA) is 175 Å². The highest BCUT2D eigenvalue weighted by molar-refractivity contribution is 5.76. The minimum atomic E-state index is -1.58. The summed E-state index contributed by atoms with van der Waals surface area (Å²) < 4.78 is 16.7. The largest absolute Gasteiger partial charge is 0.466 e. The predicted molar refractivity (Wildman–Crippen MR) is 324 cm³/mol. The number of carbonyl (C=O) groups excluding carboxylic acids is 2. The summed E-state index contributed by atoms with van der Waals surface area (Å²) in [6.07, 6.45) is 61.1. The van der Waals surface area contributed by atoms with E-state index in [1.165, 1.54) is 218 Å². The monoisotopic (exact) mass is 1100 g/mol. The number of esters is 1. The van der Waals surface area contributed by atoms with Crippen LogP contribution in [0, 0.1) is 0 Å². The first-order valence-corrected chi connectivity index (χ1v) is 33.3. The highest BCUT2D eigenvalue weighted by Crippen LogP contribution is 2.23. The van der Waals surface area contributed by atoms with E-state index < -0.39 is 49.5 Å². The maximum absolute atomic E-state index is 13.1. The molecule has 0 saturated carbocycles. The van der Waals surface area contributed by atoms with E-state index in [0.717, 1.165) is 70.6 Å². The fourth-order valence-corrected chi connectivity index (χ4v) is 10.5. The first-order chi connectivity index (χ1) is 38.2. The van der Waals surface area contributed by atoms with E-state index in [0.29, 0.717) is 19.4 Å². The molecule has 0 aromatic carbocycles. The highest BCUT2D eigenvalue weighted by atomic mass is 16.7. The van der Waals surface area contributed by atoms with E-state index >= 15 is 0 Å². The van der Waals surface area contributed by atoms with Crippen molar-refractivity contribution < 1.29 is 49.3 Å². The molecule has 0 spiro atoms. The van der Waals surface area contributed by atoms with E-state index in [4.69, 9.17) is 14.2 Å². The van der Waals surface area contributed by atoms with Crippen molar-refractivity contribution in [1.29, 1.82) is 0 Å². The van der Waals surface area contributed by atoms with Crippen LogP contribution < -0.4 is 5.32 Å². The van der Waals surface area contributed by atoms with Crippen LogP contribution in [0.2, 0.25) is 0 Å². The molecule has 1 aliphatic rings. The summed E-state index contributed by atoms with van der Waals surface area (Å²) in [5.41, 5.74) is 0. The Bertz CT molecular complexity index is 1390. The van der Waals surface area contributed by atoms with Crippen molar-refractivity contribution in [1.82, 2.24) is 5.32 Å². The molecule has 0 aliphatic carbocycles. The second-order valence-electron chi connectivity index (χ2n) is 23.2. The van der Waals surface area contributed by atoms with E-state index in [-0.39, 0.29) is 18.5 Å². The second kappa shape index (κ2) is 56.7. The van der Waals surface area contributed by atoms with Crippen LogP contribution in [-0.2, 0) is 23.8 Å². The van der Waals surface area contributed by atoms with Gasteiger partial charge in [-0.2, -0.15) is 0 Å². The molecule has 0 aromatic heterocycles. The summed E-state index contributed by atoms with van der Waals surface area (Å²) in [4.78, 5) is 25.1. The lowest BCUT2D eigenvalue weighted by Crippen LogP contribution is -2.60. The number of nitrogens with one attached hydrogen (secondary N) is 1. The molecule has 11 nitrogen and oxygen atoms in total. The molecule has 11 heteroatoms. The third-order valence-corrected chi connectivity index (χ3v) is 15.7.